The first-order valence-corrected chi connectivity index (χ1v) is 8.50. The summed E-state index contributed by atoms with van der Waals surface area (Å²) < 4.78 is 5.47. The van der Waals surface area contributed by atoms with Crippen molar-refractivity contribution in [3.8, 4) is 16.9 Å². The zero-order chi connectivity index (χ0) is 17.7. The fourth-order valence-electron chi connectivity index (χ4n) is 3.24. The molecule has 0 aromatic heterocycles. The first kappa shape index (κ1) is 17.2. The van der Waals surface area contributed by atoms with E-state index in [1.807, 2.05) is 42.5 Å². The van der Waals surface area contributed by atoms with Gasteiger partial charge in [-0.25, -0.2) is 0 Å². The highest BCUT2D eigenvalue weighted by Crippen LogP contribution is 2.33. The van der Waals surface area contributed by atoms with Crippen LogP contribution in [0.4, 0.5) is 0 Å². The summed E-state index contributed by atoms with van der Waals surface area (Å²) in [7, 11) is 0. The van der Waals surface area contributed by atoms with Crippen molar-refractivity contribution in [3.05, 3.63) is 54.6 Å². The van der Waals surface area contributed by atoms with Gasteiger partial charge in [0.15, 0.2) is 0 Å². The summed E-state index contributed by atoms with van der Waals surface area (Å²) in [6.45, 7) is 1.53. The molecule has 5 heteroatoms. The highest BCUT2D eigenvalue weighted by Gasteiger charge is 2.38. The van der Waals surface area contributed by atoms with E-state index < -0.39 is 5.41 Å². The molecule has 0 radical (unpaired) electrons. The SMILES string of the molecule is N=C(N)C1(CC(=O)Oc2ccc(-c3ccccc3)cc2)CCNCC1. The van der Waals surface area contributed by atoms with Crippen LogP contribution in [0, 0.1) is 10.8 Å². The monoisotopic (exact) mass is 337 g/mol. The number of amidine groups is 1. The van der Waals surface area contributed by atoms with Gasteiger partial charge in [-0.2, -0.15) is 0 Å². The number of rotatable bonds is 5. The van der Waals surface area contributed by atoms with Gasteiger partial charge in [0.25, 0.3) is 0 Å². The van der Waals surface area contributed by atoms with E-state index in [1.54, 1.807) is 12.1 Å². The third-order valence-electron chi connectivity index (χ3n) is 4.81. The van der Waals surface area contributed by atoms with E-state index in [9.17, 15) is 4.79 Å². The summed E-state index contributed by atoms with van der Waals surface area (Å²) in [6.07, 6.45) is 1.51. The Balaban J connectivity index is 1.65. The van der Waals surface area contributed by atoms with E-state index >= 15 is 0 Å². The Morgan fingerprint density at radius 2 is 1.64 bits per heavy atom. The lowest BCUT2D eigenvalue weighted by Crippen LogP contribution is -2.46. The maximum Gasteiger partial charge on any atom is 0.312 e. The Bertz CT molecular complexity index is 735. The van der Waals surface area contributed by atoms with Crippen LogP contribution >= 0.6 is 0 Å². The third-order valence-corrected chi connectivity index (χ3v) is 4.81. The van der Waals surface area contributed by atoms with Crippen molar-refractivity contribution in [2.75, 3.05) is 13.1 Å². The minimum Gasteiger partial charge on any atom is -0.427 e. The third kappa shape index (κ3) is 4.06. The van der Waals surface area contributed by atoms with Crippen LogP contribution in [-0.4, -0.2) is 24.9 Å². The first-order chi connectivity index (χ1) is 12.1. The van der Waals surface area contributed by atoms with Gasteiger partial charge in [-0.3, -0.25) is 10.2 Å². The molecule has 4 N–H and O–H groups in total. The number of hydrogen-bond donors (Lipinski definition) is 3. The Kier molecular flexibility index (Phi) is 5.14. The van der Waals surface area contributed by atoms with E-state index in [2.05, 4.69) is 5.32 Å². The lowest BCUT2D eigenvalue weighted by Gasteiger charge is -2.35. The van der Waals surface area contributed by atoms with Gasteiger partial charge in [-0.05, 0) is 49.2 Å². The normalized spacial score (nSPS) is 16.2. The molecule has 2 aromatic rings. The summed E-state index contributed by atoms with van der Waals surface area (Å²) in [5, 5.41) is 11.1. The van der Waals surface area contributed by atoms with Crippen LogP contribution in [0.3, 0.4) is 0 Å². The van der Waals surface area contributed by atoms with Gasteiger partial charge < -0.3 is 15.8 Å². The van der Waals surface area contributed by atoms with Crippen LogP contribution < -0.4 is 15.8 Å². The average Bonchev–Trinajstić information content (AvgIpc) is 2.63. The molecule has 1 heterocycles. The molecule has 130 valence electrons. The number of benzene rings is 2. The van der Waals surface area contributed by atoms with Gasteiger partial charge in [0, 0.05) is 5.41 Å². The average molecular weight is 337 g/mol. The Morgan fingerprint density at radius 3 is 2.24 bits per heavy atom. The molecule has 0 saturated carbocycles. The molecular weight excluding hydrogens is 314 g/mol. The zero-order valence-electron chi connectivity index (χ0n) is 14.1. The largest absolute Gasteiger partial charge is 0.427 e. The molecule has 2 aromatic carbocycles. The molecule has 0 amide bonds. The summed E-state index contributed by atoms with van der Waals surface area (Å²) in [4.78, 5) is 12.4. The van der Waals surface area contributed by atoms with Crippen LogP contribution in [0.5, 0.6) is 5.75 Å². The van der Waals surface area contributed by atoms with Gasteiger partial charge in [-0.15, -0.1) is 0 Å². The highest BCUT2D eigenvalue weighted by atomic mass is 16.5. The Labute approximate surface area is 147 Å². The van der Waals surface area contributed by atoms with E-state index in [1.165, 1.54) is 0 Å². The fourth-order valence-corrected chi connectivity index (χ4v) is 3.24. The Morgan fingerprint density at radius 1 is 1.04 bits per heavy atom. The van der Waals surface area contributed by atoms with E-state index in [0.29, 0.717) is 18.6 Å². The molecule has 0 spiro atoms. The second-order valence-corrected chi connectivity index (χ2v) is 6.49. The van der Waals surface area contributed by atoms with Crippen molar-refractivity contribution < 1.29 is 9.53 Å². The van der Waals surface area contributed by atoms with Crippen LogP contribution in [0.25, 0.3) is 11.1 Å². The standard InChI is InChI=1S/C20H23N3O2/c21-19(22)20(10-12-23-13-11-20)14-18(24)25-17-8-6-16(7-9-17)15-4-2-1-3-5-15/h1-9,23H,10-14H2,(H3,21,22). The summed E-state index contributed by atoms with van der Waals surface area (Å²) >= 11 is 0. The predicted octanol–water partition coefficient (Wildman–Crippen LogP) is 2.95. The minimum atomic E-state index is -0.577. The van der Waals surface area contributed by atoms with E-state index in [0.717, 1.165) is 24.2 Å². The van der Waals surface area contributed by atoms with Crippen molar-refractivity contribution >= 4 is 11.8 Å². The van der Waals surface area contributed by atoms with Gasteiger partial charge in [0.1, 0.15) is 5.75 Å². The number of nitrogens with one attached hydrogen (secondary N) is 2. The molecule has 25 heavy (non-hydrogen) atoms. The summed E-state index contributed by atoms with van der Waals surface area (Å²) in [5.41, 5.74) is 7.38. The molecule has 1 aliphatic rings. The number of esters is 1. The van der Waals surface area contributed by atoms with Crippen LogP contribution in [0.15, 0.2) is 54.6 Å². The lowest BCUT2D eigenvalue weighted by atomic mass is 9.75. The van der Waals surface area contributed by atoms with Crippen molar-refractivity contribution in [1.29, 1.82) is 5.41 Å². The van der Waals surface area contributed by atoms with Crippen molar-refractivity contribution in [1.82, 2.24) is 5.32 Å². The molecule has 0 bridgehead atoms. The van der Waals surface area contributed by atoms with E-state index in [-0.39, 0.29) is 18.2 Å². The zero-order valence-corrected chi connectivity index (χ0v) is 14.1. The predicted molar refractivity (Wildman–Crippen MR) is 98.6 cm³/mol. The van der Waals surface area contributed by atoms with E-state index in [4.69, 9.17) is 15.9 Å². The molecule has 0 aliphatic carbocycles. The molecule has 5 nitrogen and oxygen atoms in total. The summed E-state index contributed by atoms with van der Waals surface area (Å²) in [5.74, 6) is 0.243. The van der Waals surface area contributed by atoms with Crippen molar-refractivity contribution in [3.63, 3.8) is 0 Å². The number of ether oxygens (including phenoxy) is 1. The minimum absolute atomic E-state index is 0.0744. The molecule has 1 fully saturated rings. The number of nitrogens with two attached hydrogens (primary N) is 1. The van der Waals surface area contributed by atoms with Crippen molar-refractivity contribution in [2.45, 2.75) is 19.3 Å². The topological polar surface area (TPSA) is 88.2 Å². The molecule has 0 unspecified atom stereocenters. The molecule has 1 saturated heterocycles. The number of carbonyl (C=O) groups is 1. The summed E-state index contributed by atoms with van der Waals surface area (Å²) in [6, 6.07) is 17.5. The Hall–Kier alpha value is -2.66. The van der Waals surface area contributed by atoms with Crippen LogP contribution in [0.1, 0.15) is 19.3 Å². The molecular formula is C20H23N3O2. The second-order valence-electron chi connectivity index (χ2n) is 6.49. The van der Waals surface area contributed by atoms with Crippen LogP contribution in [-0.2, 0) is 4.79 Å². The van der Waals surface area contributed by atoms with Crippen molar-refractivity contribution in [2.24, 2.45) is 11.1 Å². The number of piperidine rings is 1. The van der Waals surface area contributed by atoms with Gasteiger partial charge >= 0.3 is 5.97 Å². The molecule has 0 atom stereocenters. The number of carbonyl (C=O) groups excluding carboxylic acids is 1. The number of hydrogen-bond acceptors (Lipinski definition) is 4. The second kappa shape index (κ2) is 7.49. The van der Waals surface area contributed by atoms with Crippen LogP contribution in [0.2, 0.25) is 0 Å². The highest BCUT2D eigenvalue weighted by molar-refractivity contribution is 5.88. The molecule has 3 rings (SSSR count). The lowest BCUT2D eigenvalue weighted by molar-refractivity contribution is -0.136. The smallest absolute Gasteiger partial charge is 0.312 e. The fraction of sp³-hybridized carbons (Fsp3) is 0.300. The maximum atomic E-state index is 12.4. The quantitative estimate of drug-likeness (QED) is 0.339. The maximum absolute atomic E-state index is 12.4. The first-order valence-electron chi connectivity index (χ1n) is 8.50. The van der Waals surface area contributed by atoms with Gasteiger partial charge in [-0.1, -0.05) is 42.5 Å². The molecule has 1 aliphatic heterocycles. The van der Waals surface area contributed by atoms with Gasteiger partial charge in [0.05, 0.1) is 12.3 Å². The van der Waals surface area contributed by atoms with Gasteiger partial charge in [0.2, 0.25) is 0 Å².